The van der Waals surface area contributed by atoms with Gasteiger partial charge in [-0.15, -0.1) is 0 Å². The second-order valence-electron chi connectivity index (χ2n) is 9.43. The van der Waals surface area contributed by atoms with Crippen molar-refractivity contribution in [2.75, 3.05) is 30.9 Å². The summed E-state index contributed by atoms with van der Waals surface area (Å²) in [6, 6.07) is 22.6. The average molecular weight is 494 g/mol. The summed E-state index contributed by atoms with van der Waals surface area (Å²) < 4.78 is 2.04. The van der Waals surface area contributed by atoms with Gasteiger partial charge in [-0.3, -0.25) is 14.4 Å². The molecule has 1 atom stereocenters. The van der Waals surface area contributed by atoms with Crippen LogP contribution in [-0.4, -0.2) is 47.8 Å². The third-order valence-electron chi connectivity index (χ3n) is 7.34. The maximum atomic E-state index is 13.5. The predicted molar refractivity (Wildman–Crippen MR) is 143 cm³/mol. The zero-order chi connectivity index (χ0) is 25.7. The van der Waals surface area contributed by atoms with Gasteiger partial charge < -0.3 is 25.0 Å². The van der Waals surface area contributed by atoms with Crippen LogP contribution < -0.4 is 15.5 Å². The number of amides is 3. The van der Waals surface area contributed by atoms with Gasteiger partial charge in [-0.2, -0.15) is 0 Å². The number of para-hydroxylation sites is 2. The van der Waals surface area contributed by atoms with Crippen molar-refractivity contribution in [1.82, 2.24) is 14.8 Å². The molecule has 3 amide bonds. The SMILES string of the molecule is CNC(=O)c1cccc(NC(=O)Cn2c3c(c4ccccc42)CCN2C(=O)c4ccccc4N(C)C32)c1. The van der Waals surface area contributed by atoms with Gasteiger partial charge in [-0.05, 0) is 48.4 Å². The lowest BCUT2D eigenvalue weighted by Crippen LogP contribution is -2.51. The van der Waals surface area contributed by atoms with E-state index in [1.807, 2.05) is 59.0 Å². The number of carbonyl (C=O) groups is 3. The van der Waals surface area contributed by atoms with Gasteiger partial charge in [0.15, 0.2) is 0 Å². The molecule has 3 aromatic carbocycles. The molecule has 0 saturated heterocycles. The van der Waals surface area contributed by atoms with Crippen LogP contribution in [0.2, 0.25) is 0 Å². The van der Waals surface area contributed by atoms with Crippen LogP contribution in [-0.2, 0) is 17.8 Å². The fraction of sp³-hybridized carbons (Fsp3) is 0.207. The van der Waals surface area contributed by atoms with Crippen LogP contribution in [0.15, 0.2) is 72.8 Å². The summed E-state index contributed by atoms with van der Waals surface area (Å²) in [4.78, 5) is 42.9. The summed E-state index contributed by atoms with van der Waals surface area (Å²) in [5, 5.41) is 6.65. The standard InChI is InChI=1S/C29H27N5O3/c1-30-27(36)18-8-7-9-19(16-18)31-25(35)17-34-24-13-6-3-10-20(24)21-14-15-33-28(26(21)34)32(2)23-12-5-4-11-22(23)29(33)37/h3-13,16,28H,14-15,17H2,1-2H3,(H,30,36)(H,31,35). The molecule has 8 nitrogen and oxygen atoms in total. The number of rotatable bonds is 4. The molecular weight excluding hydrogens is 466 g/mol. The Kier molecular flexibility index (Phi) is 5.44. The van der Waals surface area contributed by atoms with Gasteiger partial charge in [0.05, 0.1) is 16.9 Å². The van der Waals surface area contributed by atoms with Gasteiger partial charge >= 0.3 is 0 Å². The number of benzene rings is 3. The highest BCUT2D eigenvalue weighted by Gasteiger charge is 2.42. The highest BCUT2D eigenvalue weighted by atomic mass is 16.2. The Bertz CT molecular complexity index is 1570. The maximum absolute atomic E-state index is 13.5. The van der Waals surface area contributed by atoms with Crippen molar-refractivity contribution < 1.29 is 14.4 Å². The Morgan fingerprint density at radius 2 is 1.78 bits per heavy atom. The first kappa shape index (κ1) is 22.8. The molecule has 0 bridgehead atoms. The summed E-state index contributed by atoms with van der Waals surface area (Å²) in [5.74, 6) is -0.413. The number of anilines is 2. The topological polar surface area (TPSA) is 86.7 Å². The lowest BCUT2D eigenvalue weighted by Gasteiger charge is -2.46. The zero-order valence-electron chi connectivity index (χ0n) is 20.7. The van der Waals surface area contributed by atoms with Crippen LogP contribution in [0.25, 0.3) is 10.9 Å². The minimum atomic E-state index is -0.317. The highest BCUT2D eigenvalue weighted by Crippen LogP contribution is 2.44. The molecule has 186 valence electrons. The minimum Gasteiger partial charge on any atom is -0.355 e. The second-order valence-corrected chi connectivity index (χ2v) is 9.43. The molecule has 1 unspecified atom stereocenters. The van der Waals surface area contributed by atoms with E-state index in [2.05, 4.69) is 21.6 Å². The van der Waals surface area contributed by atoms with Gasteiger partial charge in [-0.1, -0.05) is 36.4 Å². The van der Waals surface area contributed by atoms with Crippen molar-refractivity contribution in [1.29, 1.82) is 0 Å². The van der Waals surface area contributed by atoms with Crippen molar-refractivity contribution >= 4 is 40.0 Å². The lowest BCUT2D eigenvalue weighted by atomic mass is 9.96. The number of nitrogens with zero attached hydrogens (tertiary/aromatic N) is 3. The fourth-order valence-corrected chi connectivity index (χ4v) is 5.71. The number of nitrogens with one attached hydrogen (secondary N) is 2. The second kappa shape index (κ2) is 8.81. The van der Waals surface area contributed by atoms with Crippen molar-refractivity contribution in [3.05, 3.63) is 95.2 Å². The van der Waals surface area contributed by atoms with Crippen LogP contribution in [0, 0.1) is 0 Å². The normalized spacial score (nSPS) is 16.2. The zero-order valence-corrected chi connectivity index (χ0v) is 20.7. The van der Waals surface area contributed by atoms with Gasteiger partial charge in [0.2, 0.25) is 5.91 Å². The number of hydrogen-bond acceptors (Lipinski definition) is 4. The number of aromatic nitrogens is 1. The first-order valence-corrected chi connectivity index (χ1v) is 12.3. The molecule has 0 aliphatic carbocycles. The summed E-state index contributed by atoms with van der Waals surface area (Å²) >= 11 is 0. The molecule has 2 aliphatic rings. The molecule has 0 spiro atoms. The molecule has 2 N–H and O–H groups in total. The molecule has 8 heteroatoms. The Labute approximate surface area is 214 Å². The molecule has 1 aromatic heterocycles. The largest absolute Gasteiger partial charge is 0.355 e. The van der Waals surface area contributed by atoms with Crippen LogP contribution in [0.3, 0.4) is 0 Å². The summed E-state index contributed by atoms with van der Waals surface area (Å²) in [5.41, 5.74) is 5.70. The molecule has 2 aliphatic heterocycles. The van der Waals surface area contributed by atoms with E-state index >= 15 is 0 Å². The van der Waals surface area contributed by atoms with Gasteiger partial charge in [0.1, 0.15) is 12.7 Å². The molecule has 0 radical (unpaired) electrons. The molecule has 6 rings (SSSR count). The van der Waals surface area contributed by atoms with E-state index in [-0.39, 0.29) is 30.4 Å². The number of hydrogen-bond donors (Lipinski definition) is 2. The van der Waals surface area contributed by atoms with E-state index in [0.29, 0.717) is 23.4 Å². The van der Waals surface area contributed by atoms with E-state index < -0.39 is 0 Å². The van der Waals surface area contributed by atoms with Gasteiger partial charge in [0, 0.05) is 42.8 Å². The highest BCUT2D eigenvalue weighted by molar-refractivity contribution is 6.03. The minimum absolute atomic E-state index is 0.0108. The van der Waals surface area contributed by atoms with Crippen LogP contribution in [0.1, 0.15) is 38.1 Å². The first-order chi connectivity index (χ1) is 18.0. The molecule has 3 heterocycles. The predicted octanol–water partition coefficient (Wildman–Crippen LogP) is 3.79. The van der Waals surface area contributed by atoms with E-state index in [1.165, 1.54) is 5.56 Å². The third kappa shape index (κ3) is 3.64. The maximum Gasteiger partial charge on any atom is 0.257 e. The first-order valence-electron chi connectivity index (χ1n) is 12.3. The van der Waals surface area contributed by atoms with E-state index in [0.717, 1.165) is 28.7 Å². The molecular formula is C29H27N5O3. The number of carbonyl (C=O) groups excluding carboxylic acids is 3. The van der Waals surface area contributed by atoms with Crippen molar-refractivity contribution in [2.24, 2.45) is 0 Å². The lowest BCUT2D eigenvalue weighted by molar-refractivity contribution is -0.116. The van der Waals surface area contributed by atoms with Gasteiger partial charge in [-0.25, -0.2) is 0 Å². The van der Waals surface area contributed by atoms with Crippen molar-refractivity contribution in [2.45, 2.75) is 19.1 Å². The van der Waals surface area contributed by atoms with Crippen LogP contribution >= 0.6 is 0 Å². The number of fused-ring (bicyclic) bond motifs is 6. The van der Waals surface area contributed by atoms with Crippen molar-refractivity contribution in [3.63, 3.8) is 0 Å². The molecule has 37 heavy (non-hydrogen) atoms. The van der Waals surface area contributed by atoms with Crippen LogP contribution in [0.5, 0.6) is 0 Å². The summed E-state index contributed by atoms with van der Waals surface area (Å²) in [6.07, 6.45) is 0.402. The molecule has 0 saturated carbocycles. The molecule has 0 fully saturated rings. The Morgan fingerprint density at radius 3 is 2.62 bits per heavy atom. The summed E-state index contributed by atoms with van der Waals surface area (Å²) in [7, 11) is 3.58. The fourth-order valence-electron chi connectivity index (χ4n) is 5.71. The van der Waals surface area contributed by atoms with E-state index in [9.17, 15) is 14.4 Å². The molecule has 4 aromatic rings. The van der Waals surface area contributed by atoms with E-state index in [4.69, 9.17) is 0 Å². The van der Waals surface area contributed by atoms with Crippen LogP contribution in [0.4, 0.5) is 11.4 Å². The quantitative estimate of drug-likeness (QED) is 0.453. The summed E-state index contributed by atoms with van der Waals surface area (Å²) in [6.45, 7) is 0.690. The van der Waals surface area contributed by atoms with E-state index in [1.54, 1.807) is 31.3 Å². The average Bonchev–Trinajstić information content (AvgIpc) is 3.24. The van der Waals surface area contributed by atoms with Crippen molar-refractivity contribution in [3.8, 4) is 0 Å². The Balaban J connectivity index is 1.41. The monoisotopic (exact) mass is 493 g/mol. The Morgan fingerprint density at radius 1 is 1.00 bits per heavy atom. The third-order valence-corrected chi connectivity index (χ3v) is 7.34. The smallest absolute Gasteiger partial charge is 0.257 e. The van der Waals surface area contributed by atoms with Gasteiger partial charge in [0.25, 0.3) is 11.8 Å². The Hall–Kier alpha value is -4.59.